The summed E-state index contributed by atoms with van der Waals surface area (Å²) in [7, 11) is 0. The third-order valence-electron chi connectivity index (χ3n) is 6.66. The molecule has 0 aromatic heterocycles. The number of anilines is 1. The summed E-state index contributed by atoms with van der Waals surface area (Å²) in [6, 6.07) is 6.66. The maximum atomic E-state index is 9.40. The summed E-state index contributed by atoms with van der Waals surface area (Å²) < 4.78 is 6.19. The van der Waals surface area contributed by atoms with Gasteiger partial charge in [-0.1, -0.05) is 54.5 Å². The highest BCUT2D eigenvalue weighted by molar-refractivity contribution is 5.69. The molecule has 0 aliphatic carbocycles. The molecule has 176 valence electrons. The molecule has 34 heavy (non-hydrogen) atoms. The number of hydrogen-bond donors (Lipinski definition) is 0. The second-order valence-corrected chi connectivity index (χ2v) is 12.5. The smallest absolute Gasteiger partial charge is 0.269 e. The van der Waals surface area contributed by atoms with Crippen molar-refractivity contribution in [3.05, 3.63) is 81.3 Å². The van der Waals surface area contributed by atoms with Crippen molar-refractivity contribution in [2.45, 2.75) is 61.3 Å². The standard InChI is InChI=1S/C30H35N3O/c1-28(2,3)26-14-21(25(17-31)32-8)13-24(34-26)10-9-20-11-22-15-29(4,5)18-33-19-30(6,7)16-23(12-20)27(22)33/h9-14H,15-16,18-19H2,1-7H3/b10-9+,25-21-. The molecule has 0 unspecified atom stereocenters. The van der Waals surface area contributed by atoms with E-state index in [2.05, 4.69) is 76.4 Å². The van der Waals surface area contributed by atoms with Crippen molar-refractivity contribution in [3.63, 3.8) is 0 Å². The van der Waals surface area contributed by atoms with Gasteiger partial charge in [-0.2, -0.15) is 0 Å². The van der Waals surface area contributed by atoms with Crippen LogP contribution >= 0.6 is 0 Å². The highest BCUT2D eigenvalue weighted by atomic mass is 16.5. The molecule has 0 N–H and O–H groups in total. The Hall–Kier alpha value is -3.24. The molecule has 3 aliphatic heterocycles. The van der Waals surface area contributed by atoms with Crippen LogP contribution in [-0.2, 0) is 17.6 Å². The Balaban J connectivity index is 1.73. The zero-order valence-electron chi connectivity index (χ0n) is 21.5. The van der Waals surface area contributed by atoms with E-state index in [-0.39, 0.29) is 21.9 Å². The van der Waals surface area contributed by atoms with E-state index in [1.807, 2.05) is 18.2 Å². The summed E-state index contributed by atoms with van der Waals surface area (Å²) in [5, 5.41) is 9.40. The molecule has 0 bridgehead atoms. The first-order chi connectivity index (χ1) is 15.8. The summed E-state index contributed by atoms with van der Waals surface area (Å²) in [4.78, 5) is 6.01. The van der Waals surface area contributed by atoms with Crippen molar-refractivity contribution in [3.8, 4) is 6.07 Å². The average Bonchev–Trinajstić information content (AvgIpc) is 2.70. The Kier molecular flexibility index (Phi) is 5.77. The quantitative estimate of drug-likeness (QED) is 0.351. The van der Waals surface area contributed by atoms with Gasteiger partial charge >= 0.3 is 0 Å². The molecule has 1 aromatic carbocycles. The zero-order chi connectivity index (χ0) is 24.9. The van der Waals surface area contributed by atoms with E-state index in [1.54, 1.807) is 6.08 Å². The van der Waals surface area contributed by atoms with E-state index >= 15 is 0 Å². The van der Waals surface area contributed by atoms with E-state index in [1.165, 1.54) is 16.8 Å². The van der Waals surface area contributed by atoms with Gasteiger partial charge in [-0.05, 0) is 76.3 Å². The topological polar surface area (TPSA) is 40.6 Å². The minimum Gasteiger partial charge on any atom is -0.461 e. The molecule has 0 saturated carbocycles. The lowest BCUT2D eigenvalue weighted by atomic mass is 9.73. The molecule has 3 heterocycles. The van der Waals surface area contributed by atoms with Crippen LogP contribution in [0.4, 0.5) is 5.69 Å². The Labute approximate surface area is 204 Å². The highest BCUT2D eigenvalue weighted by Gasteiger charge is 2.38. The minimum atomic E-state index is -0.238. The van der Waals surface area contributed by atoms with Gasteiger partial charge in [0, 0.05) is 24.2 Å². The number of ether oxygens (including phenoxy) is 1. The van der Waals surface area contributed by atoms with Crippen LogP contribution < -0.4 is 4.90 Å². The molecule has 4 rings (SSSR count). The van der Waals surface area contributed by atoms with E-state index in [4.69, 9.17) is 11.3 Å². The van der Waals surface area contributed by atoms with Crippen LogP contribution in [0.2, 0.25) is 0 Å². The first kappa shape index (κ1) is 23.9. The SMILES string of the molecule is [C-]#[N+]/C(C#N)=C1C=C(/C=C/c2cc3c4c(c2)CC(C)(C)CN4CC(C)(C)C3)OC(C(C)(C)C)=C/1. The summed E-state index contributed by atoms with van der Waals surface area (Å²) in [5.41, 5.74) is 6.41. The van der Waals surface area contributed by atoms with Crippen LogP contribution in [0.25, 0.3) is 10.9 Å². The minimum absolute atomic E-state index is 0.0821. The second kappa shape index (κ2) is 8.21. The molecule has 0 spiro atoms. The molecule has 0 saturated heterocycles. The Morgan fingerprint density at radius 2 is 1.65 bits per heavy atom. The third kappa shape index (κ3) is 4.83. The van der Waals surface area contributed by atoms with Crippen molar-refractivity contribution < 1.29 is 4.74 Å². The number of hydrogen-bond acceptors (Lipinski definition) is 3. The second-order valence-electron chi connectivity index (χ2n) is 12.5. The molecule has 1 aromatic rings. The number of nitrogens with zero attached hydrogens (tertiary/aromatic N) is 3. The van der Waals surface area contributed by atoms with Crippen molar-refractivity contribution in [2.75, 3.05) is 18.0 Å². The average molecular weight is 454 g/mol. The van der Waals surface area contributed by atoms with Crippen molar-refractivity contribution in [1.29, 1.82) is 5.26 Å². The maximum absolute atomic E-state index is 9.40. The van der Waals surface area contributed by atoms with Crippen molar-refractivity contribution >= 4 is 11.8 Å². The molecule has 0 fully saturated rings. The largest absolute Gasteiger partial charge is 0.461 e. The van der Waals surface area contributed by atoms with Gasteiger partial charge in [0.2, 0.25) is 0 Å². The summed E-state index contributed by atoms with van der Waals surface area (Å²) in [5.74, 6) is 1.40. The number of rotatable bonds is 2. The first-order valence-corrected chi connectivity index (χ1v) is 12.0. The molecule has 3 aliphatic rings. The van der Waals surface area contributed by atoms with Gasteiger partial charge < -0.3 is 9.64 Å². The van der Waals surface area contributed by atoms with E-state index in [0.717, 1.165) is 37.3 Å². The van der Waals surface area contributed by atoms with Crippen molar-refractivity contribution in [2.24, 2.45) is 16.2 Å². The van der Waals surface area contributed by atoms with Crippen molar-refractivity contribution in [1.82, 2.24) is 0 Å². The Morgan fingerprint density at radius 3 is 2.15 bits per heavy atom. The van der Waals surface area contributed by atoms with Crippen LogP contribution in [0, 0.1) is 34.1 Å². The van der Waals surface area contributed by atoms with Gasteiger partial charge in [0.05, 0.1) is 12.6 Å². The third-order valence-corrected chi connectivity index (χ3v) is 6.66. The zero-order valence-corrected chi connectivity index (χ0v) is 21.5. The van der Waals surface area contributed by atoms with Gasteiger partial charge in [0.1, 0.15) is 11.5 Å². The Morgan fingerprint density at radius 1 is 1.06 bits per heavy atom. The number of benzene rings is 1. The Bertz CT molecular complexity index is 1180. The first-order valence-electron chi connectivity index (χ1n) is 12.0. The lowest BCUT2D eigenvalue weighted by Gasteiger charge is -2.48. The fourth-order valence-corrected chi connectivity index (χ4v) is 5.39. The lowest BCUT2D eigenvalue weighted by molar-refractivity contribution is 0.223. The summed E-state index contributed by atoms with van der Waals surface area (Å²) in [6.07, 6.45) is 9.82. The molecular formula is C30H35N3O. The van der Waals surface area contributed by atoms with Gasteiger partial charge in [0.15, 0.2) is 0 Å². The van der Waals surface area contributed by atoms with Crippen LogP contribution in [0.5, 0.6) is 0 Å². The fourth-order valence-electron chi connectivity index (χ4n) is 5.39. The molecule has 0 atom stereocenters. The molecular weight excluding hydrogens is 418 g/mol. The normalized spacial score (nSPS) is 22.1. The van der Waals surface area contributed by atoms with Gasteiger partial charge in [-0.15, -0.1) is 0 Å². The van der Waals surface area contributed by atoms with Crippen LogP contribution in [0.1, 0.15) is 65.2 Å². The maximum Gasteiger partial charge on any atom is 0.269 e. The predicted molar refractivity (Wildman–Crippen MR) is 139 cm³/mol. The van der Waals surface area contributed by atoms with E-state index in [0.29, 0.717) is 11.3 Å². The predicted octanol–water partition coefficient (Wildman–Crippen LogP) is 7.21. The van der Waals surface area contributed by atoms with Crippen LogP contribution in [-0.4, -0.2) is 13.1 Å². The van der Waals surface area contributed by atoms with Gasteiger partial charge in [0.25, 0.3) is 5.70 Å². The number of allylic oxidation sites excluding steroid dienone is 6. The molecule has 0 radical (unpaired) electrons. The monoisotopic (exact) mass is 453 g/mol. The van der Waals surface area contributed by atoms with E-state index in [9.17, 15) is 5.26 Å². The van der Waals surface area contributed by atoms with Gasteiger partial charge in [-0.3, -0.25) is 0 Å². The number of nitriles is 1. The fraction of sp³-hybridized carbons (Fsp3) is 0.467. The van der Waals surface area contributed by atoms with E-state index < -0.39 is 0 Å². The lowest BCUT2D eigenvalue weighted by Crippen LogP contribution is -2.48. The molecule has 0 amide bonds. The summed E-state index contributed by atoms with van der Waals surface area (Å²) >= 11 is 0. The summed E-state index contributed by atoms with van der Waals surface area (Å²) in [6.45, 7) is 25.2. The molecule has 4 heteroatoms. The highest BCUT2D eigenvalue weighted by Crippen LogP contribution is 2.45. The van der Waals surface area contributed by atoms with Gasteiger partial charge in [-0.25, -0.2) is 10.1 Å². The van der Waals surface area contributed by atoms with Crippen LogP contribution in [0.15, 0.2) is 53.1 Å². The van der Waals surface area contributed by atoms with Crippen LogP contribution in [0.3, 0.4) is 0 Å². The molecule has 4 nitrogen and oxygen atoms in total.